The van der Waals surface area contributed by atoms with Gasteiger partial charge in [0.25, 0.3) is 10.0 Å². The van der Waals surface area contributed by atoms with Crippen molar-refractivity contribution in [3.8, 4) is 5.75 Å². The molecule has 0 fully saturated rings. The largest absolute Gasteiger partial charge is 0.506 e. The van der Waals surface area contributed by atoms with E-state index in [1.165, 1.54) is 0 Å². The van der Waals surface area contributed by atoms with E-state index < -0.39 is 32.4 Å². The van der Waals surface area contributed by atoms with E-state index in [4.69, 9.17) is 17.3 Å². The molecule has 21 heavy (non-hydrogen) atoms. The molecular formula is C12H9ClF2N2O3S. The second kappa shape index (κ2) is 5.38. The summed E-state index contributed by atoms with van der Waals surface area (Å²) in [6, 6.07) is 4.41. The summed E-state index contributed by atoms with van der Waals surface area (Å²) in [5.74, 6) is -2.38. The molecule has 0 aliphatic heterocycles. The van der Waals surface area contributed by atoms with Gasteiger partial charge in [0.1, 0.15) is 17.3 Å². The molecule has 112 valence electrons. The third-order valence-electron chi connectivity index (χ3n) is 2.55. The van der Waals surface area contributed by atoms with Crippen LogP contribution in [0.3, 0.4) is 0 Å². The number of phenols is 1. The van der Waals surface area contributed by atoms with Gasteiger partial charge in [-0.3, -0.25) is 4.72 Å². The van der Waals surface area contributed by atoms with Crippen molar-refractivity contribution in [2.45, 2.75) is 4.90 Å². The zero-order valence-electron chi connectivity index (χ0n) is 10.3. The predicted molar refractivity (Wildman–Crippen MR) is 74.7 cm³/mol. The summed E-state index contributed by atoms with van der Waals surface area (Å²) in [5.41, 5.74) is 4.66. The monoisotopic (exact) mass is 334 g/mol. The normalized spacial score (nSPS) is 11.4. The molecule has 5 nitrogen and oxygen atoms in total. The lowest BCUT2D eigenvalue weighted by Gasteiger charge is -2.11. The maximum Gasteiger partial charge on any atom is 0.262 e. The highest BCUT2D eigenvalue weighted by atomic mass is 35.5. The maximum atomic E-state index is 13.6. The number of nitrogen functional groups attached to an aromatic ring is 1. The average molecular weight is 335 g/mol. The van der Waals surface area contributed by atoms with Gasteiger partial charge in [-0.15, -0.1) is 0 Å². The first-order valence-electron chi connectivity index (χ1n) is 5.46. The molecule has 0 heterocycles. The second-order valence-electron chi connectivity index (χ2n) is 4.07. The van der Waals surface area contributed by atoms with Crippen LogP contribution in [0.2, 0.25) is 5.02 Å². The molecule has 0 bridgehead atoms. The Bertz CT molecular complexity index is 789. The van der Waals surface area contributed by atoms with Crippen molar-refractivity contribution in [2.75, 3.05) is 10.5 Å². The van der Waals surface area contributed by atoms with Crippen molar-refractivity contribution in [1.82, 2.24) is 0 Å². The average Bonchev–Trinajstić information content (AvgIpc) is 2.37. The molecule has 4 N–H and O–H groups in total. The Morgan fingerprint density at radius 3 is 2.43 bits per heavy atom. The highest BCUT2D eigenvalue weighted by Crippen LogP contribution is 2.30. The topological polar surface area (TPSA) is 92.4 Å². The van der Waals surface area contributed by atoms with Gasteiger partial charge in [-0.25, -0.2) is 17.2 Å². The van der Waals surface area contributed by atoms with Crippen molar-refractivity contribution in [2.24, 2.45) is 0 Å². The molecule has 2 aromatic carbocycles. The van der Waals surface area contributed by atoms with Crippen LogP contribution in [0.1, 0.15) is 0 Å². The number of anilines is 2. The van der Waals surface area contributed by atoms with Gasteiger partial charge in [-0.1, -0.05) is 11.6 Å². The molecule has 2 aromatic rings. The molecule has 0 saturated heterocycles. The lowest BCUT2D eigenvalue weighted by Crippen LogP contribution is -2.14. The number of hydrogen-bond donors (Lipinski definition) is 3. The Balaban J connectivity index is 2.44. The Morgan fingerprint density at radius 1 is 1.19 bits per heavy atom. The molecule has 0 aliphatic carbocycles. The fourth-order valence-corrected chi connectivity index (χ4v) is 2.95. The number of halogens is 3. The maximum absolute atomic E-state index is 13.6. The first-order chi connectivity index (χ1) is 9.70. The van der Waals surface area contributed by atoms with Crippen molar-refractivity contribution in [3.63, 3.8) is 0 Å². The summed E-state index contributed by atoms with van der Waals surface area (Å²) < 4.78 is 52.6. The number of nitrogens with one attached hydrogen (secondary N) is 1. The lowest BCUT2D eigenvalue weighted by atomic mass is 10.3. The van der Waals surface area contributed by atoms with E-state index >= 15 is 0 Å². The molecule has 2 rings (SSSR count). The molecule has 0 saturated carbocycles. The molecule has 9 heteroatoms. The number of hydrogen-bond acceptors (Lipinski definition) is 4. The molecule has 0 amide bonds. The van der Waals surface area contributed by atoms with Crippen LogP contribution in [0.4, 0.5) is 20.2 Å². The van der Waals surface area contributed by atoms with Gasteiger partial charge in [-0.2, -0.15) is 0 Å². The first-order valence-corrected chi connectivity index (χ1v) is 7.32. The zero-order valence-corrected chi connectivity index (χ0v) is 11.8. The highest BCUT2D eigenvalue weighted by Gasteiger charge is 2.20. The smallest absolute Gasteiger partial charge is 0.262 e. The second-order valence-corrected chi connectivity index (χ2v) is 6.16. The summed E-state index contributed by atoms with van der Waals surface area (Å²) in [7, 11) is -4.20. The number of aromatic hydroxyl groups is 1. The van der Waals surface area contributed by atoms with E-state index in [9.17, 15) is 22.3 Å². The first kappa shape index (κ1) is 15.3. The predicted octanol–water partition coefficient (Wildman–Crippen LogP) is 2.71. The number of sulfonamides is 1. The summed E-state index contributed by atoms with van der Waals surface area (Å²) >= 11 is 5.61. The van der Waals surface area contributed by atoms with Gasteiger partial charge in [0, 0.05) is 6.07 Å². The quantitative estimate of drug-likeness (QED) is 0.594. The molecule has 0 aliphatic rings. The van der Waals surface area contributed by atoms with Crippen molar-refractivity contribution < 1.29 is 22.3 Å². The summed E-state index contributed by atoms with van der Waals surface area (Å²) in [4.78, 5) is -0.308. The van der Waals surface area contributed by atoms with E-state index in [1.807, 2.05) is 4.72 Å². The van der Waals surface area contributed by atoms with E-state index in [0.717, 1.165) is 24.3 Å². The third kappa shape index (κ3) is 3.17. The minimum absolute atomic E-state index is 0.163. The van der Waals surface area contributed by atoms with Gasteiger partial charge in [0.15, 0.2) is 5.82 Å². The highest BCUT2D eigenvalue weighted by molar-refractivity contribution is 7.92. The van der Waals surface area contributed by atoms with Crippen LogP contribution < -0.4 is 10.5 Å². The molecule has 0 unspecified atom stereocenters. The van der Waals surface area contributed by atoms with E-state index in [-0.39, 0.29) is 16.3 Å². The van der Waals surface area contributed by atoms with Gasteiger partial charge in [0.05, 0.1) is 15.6 Å². The number of nitrogens with two attached hydrogens (primary N) is 1. The number of benzene rings is 2. The zero-order chi connectivity index (χ0) is 15.8. The van der Waals surface area contributed by atoms with Crippen molar-refractivity contribution in [1.29, 1.82) is 0 Å². The number of rotatable bonds is 3. The van der Waals surface area contributed by atoms with Crippen LogP contribution in [-0.2, 0) is 10.0 Å². The van der Waals surface area contributed by atoms with E-state index in [0.29, 0.717) is 6.07 Å². The van der Waals surface area contributed by atoms with Crippen LogP contribution in [0.25, 0.3) is 0 Å². The Kier molecular flexibility index (Phi) is 3.93. The van der Waals surface area contributed by atoms with Gasteiger partial charge in [0.2, 0.25) is 0 Å². The van der Waals surface area contributed by atoms with Crippen molar-refractivity contribution in [3.05, 3.63) is 47.0 Å². The Labute approximate surface area is 124 Å². The fraction of sp³-hybridized carbons (Fsp3) is 0. The third-order valence-corrected chi connectivity index (χ3v) is 4.20. The van der Waals surface area contributed by atoms with Gasteiger partial charge >= 0.3 is 0 Å². The Hall–Kier alpha value is -2.06. The van der Waals surface area contributed by atoms with Crippen LogP contribution >= 0.6 is 11.6 Å². The molecule has 0 spiro atoms. The van der Waals surface area contributed by atoms with Crippen LogP contribution in [0.15, 0.2) is 35.2 Å². The van der Waals surface area contributed by atoms with Gasteiger partial charge in [-0.05, 0) is 24.3 Å². The molecule has 0 radical (unpaired) electrons. The standard InChI is InChI=1S/C12H9ClF2N2O3S/c13-8-3-6(14)4-9(15)12(8)17-21(19,20)7-1-2-11(18)10(16)5-7/h1-5,17-18H,16H2. The summed E-state index contributed by atoms with van der Waals surface area (Å²) in [6.07, 6.45) is 0. The van der Waals surface area contributed by atoms with Crippen LogP contribution in [0, 0.1) is 11.6 Å². The van der Waals surface area contributed by atoms with E-state index in [1.54, 1.807) is 0 Å². The molecular weight excluding hydrogens is 326 g/mol. The number of phenolic OH excluding ortho intramolecular Hbond substituents is 1. The van der Waals surface area contributed by atoms with Crippen molar-refractivity contribution >= 4 is 33.0 Å². The van der Waals surface area contributed by atoms with E-state index in [2.05, 4.69) is 0 Å². The summed E-state index contributed by atoms with van der Waals surface area (Å²) in [6.45, 7) is 0. The van der Waals surface area contributed by atoms with Crippen LogP contribution in [0.5, 0.6) is 5.75 Å². The fourth-order valence-electron chi connectivity index (χ4n) is 1.53. The van der Waals surface area contributed by atoms with Crippen LogP contribution in [-0.4, -0.2) is 13.5 Å². The minimum Gasteiger partial charge on any atom is -0.506 e. The SMILES string of the molecule is Nc1cc(S(=O)(=O)Nc2c(F)cc(F)cc2Cl)ccc1O. The molecule has 0 aromatic heterocycles. The minimum atomic E-state index is -4.20. The lowest BCUT2D eigenvalue weighted by molar-refractivity contribution is 0.477. The molecule has 0 atom stereocenters. The van der Waals surface area contributed by atoms with Gasteiger partial charge < -0.3 is 10.8 Å². The Morgan fingerprint density at radius 2 is 1.86 bits per heavy atom. The summed E-state index contributed by atoms with van der Waals surface area (Å²) in [5, 5.41) is 8.83.